The van der Waals surface area contributed by atoms with Crippen molar-refractivity contribution in [2.45, 2.75) is 13.0 Å². The number of nitrogens with zero attached hydrogens (tertiary/aromatic N) is 3. The lowest BCUT2D eigenvalue weighted by Crippen LogP contribution is -2.48. The van der Waals surface area contributed by atoms with E-state index in [2.05, 4.69) is 5.32 Å². The Bertz CT molecular complexity index is 753. The molecule has 9 heteroatoms. The summed E-state index contributed by atoms with van der Waals surface area (Å²) in [6.45, 7) is 1.46. The zero-order chi connectivity index (χ0) is 16.4. The van der Waals surface area contributed by atoms with E-state index in [-0.39, 0.29) is 22.1 Å². The van der Waals surface area contributed by atoms with Crippen molar-refractivity contribution >= 4 is 29.1 Å². The first-order valence-corrected chi connectivity index (χ1v) is 6.46. The van der Waals surface area contributed by atoms with Gasteiger partial charge in [0, 0.05) is 17.8 Å². The van der Waals surface area contributed by atoms with Crippen LogP contribution in [0.5, 0.6) is 0 Å². The van der Waals surface area contributed by atoms with Crippen LogP contribution in [-0.2, 0) is 0 Å². The summed E-state index contributed by atoms with van der Waals surface area (Å²) in [6.07, 6.45) is -1.31. The monoisotopic (exact) mass is 318 g/mol. The highest BCUT2D eigenvalue weighted by molar-refractivity contribution is 7.80. The number of nitrogens with one attached hydrogen (secondary N) is 1. The van der Waals surface area contributed by atoms with Crippen molar-refractivity contribution in [1.29, 1.82) is 5.26 Å². The third-order valence-electron chi connectivity index (χ3n) is 3.21. The first-order chi connectivity index (χ1) is 10.4. The van der Waals surface area contributed by atoms with Crippen LogP contribution in [0.4, 0.5) is 10.5 Å². The summed E-state index contributed by atoms with van der Waals surface area (Å²) in [6, 6.07) is 6.96. The van der Waals surface area contributed by atoms with Crippen molar-refractivity contribution in [2.75, 3.05) is 0 Å². The maximum Gasteiger partial charge on any atom is 0.418 e. The minimum atomic E-state index is -1.31. The van der Waals surface area contributed by atoms with E-state index in [0.29, 0.717) is 5.56 Å². The van der Waals surface area contributed by atoms with Crippen LogP contribution in [0.3, 0.4) is 0 Å². The van der Waals surface area contributed by atoms with Crippen LogP contribution in [0.1, 0.15) is 18.5 Å². The fourth-order valence-corrected chi connectivity index (χ4v) is 2.52. The molecule has 0 radical (unpaired) electrons. The molecule has 1 aromatic carbocycles. The van der Waals surface area contributed by atoms with Gasteiger partial charge in [0.15, 0.2) is 5.11 Å². The van der Waals surface area contributed by atoms with Crippen molar-refractivity contribution in [1.82, 2.24) is 10.2 Å². The van der Waals surface area contributed by atoms with Crippen molar-refractivity contribution in [3.63, 3.8) is 0 Å². The van der Waals surface area contributed by atoms with Gasteiger partial charge in [-0.2, -0.15) is 5.26 Å². The molecule has 2 N–H and O–H groups in total. The highest BCUT2D eigenvalue weighted by Crippen LogP contribution is 2.31. The van der Waals surface area contributed by atoms with Crippen molar-refractivity contribution < 1.29 is 14.8 Å². The maximum absolute atomic E-state index is 11.2. The minimum absolute atomic E-state index is 0.0829. The van der Waals surface area contributed by atoms with E-state index >= 15 is 0 Å². The average Bonchev–Trinajstić information content (AvgIpc) is 2.46. The molecule has 1 aliphatic rings. The number of non-ortho nitro benzene ring substituents is 1. The number of nitro benzene ring substituents is 1. The van der Waals surface area contributed by atoms with Crippen LogP contribution in [0.2, 0.25) is 0 Å². The predicted octanol–water partition coefficient (Wildman–Crippen LogP) is 2.30. The number of hydrogen-bond donors (Lipinski definition) is 2. The molecule has 1 amide bonds. The van der Waals surface area contributed by atoms with Gasteiger partial charge >= 0.3 is 6.09 Å². The highest BCUT2D eigenvalue weighted by atomic mass is 32.1. The quantitative estimate of drug-likeness (QED) is 0.487. The van der Waals surface area contributed by atoms with Gasteiger partial charge in [0.2, 0.25) is 0 Å². The molecule has 0 spiro atoms. The van der Waals surface area contributed by atoms with E-state index < -0.39 is 17.1 Å². The Morgan fingerprint density at radius 3 is 2.82 bits per heavy atom. The molecule has 1 aliphatic heterocycles. The fourth-order valence-electron chi connectivity index (χ4n) is 2.19. The Kier molecular flexibility index (Phi) is 4.05. The molecule has 2 rings (SSSR count). The summed E-state index contributed by atoms with van der Waals surface area (Å²) >= 11 is 5.00. The molecule has 1 heterocycles. The molecule has 1 atom stereocenters. The van der Waals surface area contributed by atoms with Crippen LogP contribution < -0.4 is 5.32 Å². The van der Waals surface area contributed by atoms with Crippen molar-refractivity contribution in [2.24, 2.45) is 0 Å². The number of carboxylic acid groups (broad SMARTS) is 1. The second-order valence-electron chi connectivity index (χ2n) is 4.46. The summed E-state index contributed by atoms with van der Waals surface area (Å²) in [7, 11) is 0. The smallest absolute Gasteiger partial charge is 0.418 e. The highest BCUT2D eigenvalue weighted by Gasteiger charge is 2.33. The molecule has 0 aromatic heterocycles. The number of nitro groups is 1. The summed E-state index contributed by atoms with van der Waals surface area (Å²) in [5.74, 6) is 0. The first kappa shape index (κ1) is 15.4. The second-order valence-corrected chi connectivity index (χ2v) is 4.85. The molecule has 1 unspecified atom stereocenters. The Morgan fingerprint density at radius 2 is 2.27 bits per heavy atom. The number of carbonyl (C=O) groups is 1. The fraction of sp³-hybridized carbons (Fsp3) is 0.154. The van der Waals surface area contributed by atoms with Gasteiger partial charge in [-0.25, -0.2) is 9.69 Å². The van der Waals surface area contributed by atoms with Gasteiger partial charge in [-0.1, -0.05) is 12.1 Å². The topological polar surface area (TPSA) is 119 Å². The number of nitriles is 1. The van der Waals surface area contributed by atoms with Crippen LogP contribution >= 0.6 is 12.2 Å². The number of rotatable bonds is 2. The van der Waals surface area contributed by atoms with E-state index in [1.54, 1.807) is 6.07 Å². The SMILES string of the molecule is CC1=C(C#N)C(c2cccc([N+](=O)[O-])c2)NC(=S)N1C(=O)O. The molecule has 0 aliphatic carbocycles. The van der Waals surface area contributed by atoms with E-state index in [1.807, 2.05) is 6.07 Å². The van der Waals surface area contributed by atoms with Gasteiger partial charge < -0.3 is 10.4 Å². The number of hydrogen-bond acceptors (Lipinski definition) is 5. The standard InChI is InChI=1S/C13H10N4O4S/c1-7-10(6-14)11(15-12(22)16(7)13(18)19)8-3-2-4-9(5-8)17(20)21/h2-5,11H,1H3,(H,15,22)(H,18,19). The number of thiocarbonyl (C=S) groups is 1. The molecule has 8 nitrogen and oxygen atoms in total. The molecule has 0 bridgehead atoms. The van der Waals surface area contributed by atoms with Gasteiger partial charge in [0.25, 0.3) is 5.69 Å². The molecule has 0 saturated carbocycles. The second kappa shape index (κ2) is 5.79. The molecular formula is C13H10N4O4S. The van der Waals surface area contributed by atoms with Gasteiger partial charge in [-0.3, -0.25) is 10.1 Å². The molecule has 22 heavy (non-hydrogen) atoms. The summed E-state index contributed by atoms with van der Waals surface area (Å²) in [5, 5.41) is 32.0. The third-order valence-corrected chi connectivity index (χ3v) is 3.51. The predicted molar refractivity (Wildman–Crippen MR) is 79.7 cm³/mol. The van der Waals surface area contributed by atoms with Gasteiger partial charge in [-0.05, 0) is 24.7 Å². The minimum Gasteiger partial charge on any atom is -0.464 e. The Morgan fingerprint density at radius 1 is 1.59 bits per heavy atom. The maximum atomic E-state index is 11.2. The average molecular weight is 318 g/mol. The summed E-state index contributed by atoms with van der Waals surface area (Å²) in [4.78, 5) is 22.3. The lowest BCUT2D eigenvalue weighted by atomic mass is 9.96. The molecule has 1 aromatic rings. The van der Waals surface area contributed by atoms with E-state index in [1.165, 1.54) is 25.1 Å². The van der Waals surface area contributed by atoms with Crippen molar-refractivity contribution in [3.8, 4) is 6.07 Å². The normalized spacial score (nSPS) is 17.7. The van der Waals surface area contributed by atoms with E-state index in [0.717, 1.165) is 4.90 Å². The summed E-state index contributed by atoms with van der Waals surface area (Å²) < 4.78 is 0. The number of benzene rings is 1. The van der Waals surface area contributed by atoms with E-state index in [9.17, 15) is 20.2 Å². The Hall–Kier alpha value is -2.99. The molecule has 0 saturated heterocycles. The van der Waals surface area contributed by atoms with Crippen LogP contribution in [0.15, 0.2) is 35.5 Å². The Balaban J connectivity index is 2.55. The van der Waals surface area contributed by atoms with Gasteiger partial charge in [-0.15, -0.1) is 0 Å². The Labute approximate surface area is 130 Å². The zero-order valence-corrected chi connectivity index (χ0v) is 12.1. The third kappa shape index (κ3) is 2.59. The largest absolute Gasteiger partial charge is 0.464 e. The first-order valence-electron chi connectivity index (χ1n) is 6.05. The summed E-state index contributed by atoms with van der Waals surface area (Å²) in [5.41, 5.74) is 0.644. The van der Waals surface area contributed by atoms with Gasteiger partial charge in [0.1, 0.15) is 0 Å². The van der Waals surface area contributed by atoms with Crippen LogP contribution in [0, 0.1) is 21.4 Å². The number of allylic oxidation sites excluding steroid dienone is 1. The lowest BCUT2D eigenvalue weighted by Gasteiger charge is -2.33. The van der Waals surface area contributed by atoms with Gasteiger partial charge in [0.05, 0.1) is 22.6 Å². The molecule has 0 fully saturated rings. The number of amides is 1. The molecule has 112 valence electrons. The lowest BCUT2D eigenvalue weighted by molar-refractivity contribution is -0.384. The van der Waals surface area contributed by atoms with Crippen LogP contribution in [-0.4, -0.2) is 26.1 Å². The van der Waals surface area contributed by atoms with Crippen LogP contribution in [0.25, 0.3) is 0 Å². The zero-order valence-electron chi connectivity index (χ0n) is 11.3. The van der Waals surface area contributed by atoms with E-state index in [4.69, 9.17) is 17.3 Å². The molecular weight excluding hydrogens is 308 g/mol. The van der Waals surface area contributed by atoms with Crippen molar-refractivity contribution in [3.05, 3.63) is 51.2 Å².